The van der Waals surface area contributed by atoms with Gasteiger partial charge in [-0.2, -0.15) is 0 Å². The summed E-state index contributed by atoms with van der Waals surface area (Å²) in [7, 11) is 1.74. The van der Waals surface area contributed by atoms with Gasteiger partial charge in [-0.1, -0.05) is 6.07 Å². The first-order chi connectivity index (χ1) is 8.53. The van der Waals surface area contributed by atoms with E-state index in [1.165, 1.54) is 5.56 Å². The highest BCUT2D eigenvalue weighted by molar-refractivity contribution is 7.99. The maximum absolute atomic E-state index is 5.06. The smallest absolute Gasteiger partial charge is 0.100 e. The lowest BCUT2D eigenvalue weighted by Crippen LogP contribution is -2.35. The second kappa shape index (κ2) is 7.77. The number of nitrogens with zero attached hydrogens (tertiary/aromatic N) is 1. The summed E-state index contributed by atoms with van der Waals surface area (Å²) in [4.78, 5) is 4.46. The van der Waals surface area contributed by atoms with E-state index in [0.717, 1.165) is 30.4 Å². The van der Waals surface area contributed by atoms with Crippen molar-refractivity contribution in [2.75, 3.05) is 19.5 Å². The van der Waals surface area contributed by atoms with Gasteiger partial charge < -0.3 is 10.1 Å². The fourth-order valence-electron chi connectivity index (χ4n) is 1.42. The molecule has 0 spiro atoms. The molecule has 1 aromatic rings. The van der Waals surface area contributed by atoms with Crippen LogP contribution in [-0.4, -0.2) is 30.0 Å². The van der Waals surface area contributed by atoms with Crippen molar-refractivity contribution in [2.45, 2.75) is 44.3 Å². The van der Waals surface area contributed by atoms with Crippen LogP contribution in [0.3, 0.4) is 0 Å². The monoisotopic (exact) mass is 268 g/mol. The second-order valence-electron chi connectivity index (χ2n) is 5.27. The van der Waals surface area contributed by atoms with E-state index in [-0.39, 0.29) is 5.54 Å². The zero-order valence-corrected chi connectivity index (χ0v) is 12.6. The van der Waals surface area contributed by atoms with Crippen molar-refractivity contribution in [2.24, 2.45) is 0 Å². The summed E-state index contributed by atoms with van der Waals surface area (Å²) in [6.07, 6.45) is 2.92. The molecule has 0 amide bonds. The summed E-state index contributed by atoms with van der Waals surface area (Å²) in [6.45, 7) is 8.21. The first-order valence-corrected chi connectivity index (χ1v) is 7.32. The van der Waals surface area contributed by atoms with Crippen LogP contribution in [0, 0.1) is 0 Å². The second-order valence-corrected chi connectivity index (χ2v) is 6.35. The first kappa shape index (κ1) is 15.5. The van der Waals surface area contributed by atoms with Gasteiger partial charge in [0, 0.05) is 37.8 Å². The molecule has 0 aliphatic heterocycles. The fourth-order valence-corrected chi connectivity index (χ4v) is 2.34. The van der Waals surface area contributed by atoms with Crippen LogP contribution >= 0.6 is 11.8 Å². The largest absolute Gasteiger partial charge is 0.385 e. The lowest BCUT2D eigenvalue weighted by atomic mass is 10.1. The van der Waals surface area contributed by atoms with Crippen molar-refractivity contribution in [1.82, 2.24) is 10.3 Å². The highest BCUT2D eigenvalue weighted by Crippen LogP contribution is 2.21. The zero-order chi connectivity index (χ0) is 13.4. The molecular weight excluding hydrogens is 244 g/mol. The Hall–Kier alpha value is -0.580. The summed E-state index contributed by atoms with van der Waals surface area (Å²) in [5.41, 5.74) is 1.41. The van der Waals surface area contributed by atoms with Gasteiger partial charge in [0.2, 0.25) is 0 Å². The summed E-state index contributed by atoms with van der Waals surface area (Å²) < 4.78 is 5.06. The lowest BCUT2D eigenvalue weighted by Gasteiger charge is -2.21. The van der Waals surface area contributed by atoms with E-state index in [9.17, 15) is 0 Å². The molecule has 0 fully saturated rings. The van der Waals surface area contributed by atoms with Crippen molar-refractivity contribution >= 4 is 11.8 Å². The van der Waals surface area contributed by atoms with Gasteiger partial charge in [0.05, 0.1) is 0 Å². The van der Waals surface area contributed by atoms with Crippen molar-refractivity contribution < 1.29 is 4.74 Å². The van der Waals surface area contributed by atoms with Gasteiger partial charge in [-0.25, -0.2) is 4.98 Å². The van der Waals surface area contributed by atoms with E-state index < -0.39 is 0 Å². The summed E-state index contributed by atoms with van der Waals surface area (Å²) in [6, 6.07) is 4.14. The number of nitrogens with one attached hydrogen (secondary N) is 1. The molecule has 1 rings (SSSR count). The van der Waals surface area contributed by atoms with Crippen LogP contribution in [0.25, 0.3) is 0 Å². The van der Waals surface area contributed by atoms with Gasteiger partial charge in [0.1, 0.15) is 5.03 Å². The summed E-state index contributed by atoms with van der Waals surface area (Å²) in [5, 5.41) is 4.63. The predicted molar refractivity (Wildman–Crippen MR) is 78.0 cm³/mol. The molecule has 0 saturated carbocycles. The number of methoxy groups -OCH3 is 1. The first-order valence-electron chi connectivity index (χ1n) is 6.33. The molecule has 0 aliphatic rings. The number of thioether (sulfide) groups is 1. The highest BCUT2D eigenvalue weighted by atomic mass is 32.2. The number of rotatable bonds is 7. The van der Waals surface area contributed by atoms with E-state index >= 15 is 0 Å². The number of aromatic nitrogens is 1. The number of pyridine rings is 1. The third-order valence-corrected chi connectivity index (χ3v) is 3.52. The standard InChI is InChI=1S/C14H24N2OS/c1-14(2,3)16-11-12-7-5-8-15-13(12)18-10-6-9-17-4/h5,7-8,16H,6,9-11H2,1-4H3. The molecule has 0 unspecified atom stereocenters. The van der Waals surface area contributed by atoms with Crippen molar-refractivity contribution in [1.29, 1.82) is 0 Å². The lowest BCUT2D eigenvalue weighted by molar-refractivity contribution is 0.200. The third-order valence-electron chi connectivity index (χ3n) is 2.39. The van der Waals surface area contributed by atoms with E-state index in [1.807, 2.05) is 12.3 Å². The van der Waals surface area contributed by atoms with Crippen LogP contribution in [0.2, 0.25) is 0 Å². The van der Waals surface area contributed by atoms with Gasteiger partial charge in [-0.05, 0) is 38.8 Å². The average molecular weight is 268 g/mol. The molecule has 0 aromatic carbocycles. The van der Waals surface area contributed by atoms with Crippen LogP contribution in [0.1, 0.15) is 32.8 Å². The molecule has 18 heavy (non-hydrogen) atoms. The maximum Gasteiger partial charge on any atom is 0.100 e. The van der Waals surface area contributed by atoms with E-state index in [0.29, 0.717) is 0 Å². The fraction of sp³-hybridized carbons (Fsp3) is 0.643. The molecule has 1 heterocycles. The molecule has 0 bridgehead atoms. The Labute approximate surface area is 115 Å². The van der Waals surface area contributed by atoms with E-state index in [2.05, 4.69) is 37.1 Å². The van der Waals surface area contributed by atoms with Crippen molar-refractivity contribution in [3.05, 3.63) is 23.9 Å². The SMILES string of the molecule is COCCCSc1ncccc1CNC(C)(C)C. The van der Waals surface area contributed by atoms with Crippen molar-refractivity contribution in [3.8, 4) is 0 Å². The Morgan fingerprint density at radius 1 is 1.39 bits per heavy atom. The molecule has 1 N–H and O–H groups in total. The zero-order valence-electron chi connectivity index (χ0n) is 11.8. The highest BCUT2D eigenvalue weighted by Gasteiger charge is 2.10. The number of ether oxygens (including phenoxy) is 1. The molecule has 102 valence electrons. The summed E-state index contributed by atoms with van der Waals surface area (Å²) >= 11 is 1.81. The minimum atomic E-state index is 0.133. The topological polar surface area (TPSA) is 34.1 Å². The molecule has 0 saturated heterocycles. The normalized spacial score (nSPS) is 11.8. The molecular formula is C14H24N2OS. The molecule has 1 aromatic heterocycles. The molecule has 3 nitrogen and oxygen atoms in total. The number of hydrogen-bond acceptors (Lipinski definition) is 4. The van der Waals surface area contributed by atoms with E-state index in [4.69, 9.17) is 4.74 Å². The quantitative estimate of drug-likeness (QED) is 0.608. The predicted octanol–water partition coefficient (Wildman–Crippen LogP) is 3.10. The Morgan fingerprint density at radius 3 is 2.83 bits per heavy atom. The van der Waals surface area contributed by atoms with Crippen molar-refractivity contribution in [3.63, 3.8) is 0 Å². The van der Waals surface area contributed by atoms with Gasteiger partial charge in [-0.15, -0.1) is 11.8 Å². The molecule has 4 heteroatoms. The Morgan fingerprint density at radius 2 is 2.17 bits per heavy atom. The Kier molecular flexibility index (Phi) is 6.68. The van der Waals surface area contributed by atoms with E-state index in [1.54, 1.807) is 18.9 Å². The average Bonchev–Trinajstić information content (AvgIpc) is 2.32. The van der Waals surface area contributed by atoms with Crippen LogP contribution in [0.5, 0.6) is 0 Å². The molecule has 0 atom stereocenters. The van der Waals surface area contributed by atoms with Crippen LogP contribution in [0.15, 0.2) is 23.4 Å². The van der Waals surface area contributed by atoms with Crippen LogP contribution in [-0.2, 0) is 11.3 Å². The Balaban J connectivity index is 2.51. The molecule has 0 radical (unpaired) electrons. The maximum atomic E-state index is 5.06. The number of hydrogen-bond donors (Lipinski definition) is 1. The minimum absolute atomic E-state index is 0.133. The third kappa shape index (κ3) is 6.38. The summed E-state index contributed by atoms with van der Waals surface area (Å²) in [5.74, 6) is 1.05. The Bertz CT molecular complexity index is 350. The van der Waals surface area contributed by atoms with Crippen LogP contribution < -0.4 is 5.32 Å². The minimum Gasteiger partial charge on any atom is -0.385 e. The molecule has 0 aliphatic carbocycles. The van der Waals surface area contributed by atoms with Crippen LogP contribution in [0.4, 0.5) is 0 Å². The van der Waals surface area contributed by atoms with Gasteiger partial charge in [-0.3, -0.25) is 0 Å². The van der Waals surface area contributed by atoms with Gasteiger partial charge in [0.15, 0.2) is 0 Å². The van der Waals surface area contributed by atoms with Gasteiger partial charge in [0.25, 0.3) is 0 Å². The van der Waals surface area contributed by atoms with Gasteiger partial charge >= 0.3 is 0 Å².